The Balaban J connectivity index is 2.02. The Morgan fingerprint density at radius 1 is 1.42 bits per heavy atom. The lowest BCUT2D eigenvalue weighted by Crippen LogP contribution is -2.22. The second-order valence-electron chi connectivity index (χ2n) is 3.79. The summed E-state index contributed by atoms with van der Waals surface area (Å²) in [6, 6.07) is 6.85. The summed E-state index contributed by atoms with van der Waals surface area (Å²) in [4.78, 5) is 12.7. The van der Waals surface area contributed by atoms with Crippen LogP contribution < -0.4 is 5.32 Å². The van der Waals surface area contributed by atoms with E-state index >= 15 is 0 Å². The quantitative estimate of drug-likeness (QED) is 0.843. The van der Waals surface area contributed by atoms with E-state index in [1.165, 1.54) is 11.8 Å². The smallest absolute Gasteiger partial charge is 0.238 e. The molecule has 0 aliphatic rings. The zero-order chi connectivity index (χ0) is 13.8. The second kappa shape index (κ2) is 6.32. The average Bonchev–Trinajstić information content (AvgIpc) is 2.86. The Bertz CT molecular complexity index is 574. The van der Waals surface area contributed by atoms with Gasteiger partial charge in [0.25, 0.3) is 0 Å². The number of thioether (sulfide) groups is 1. The van der Waals surface area contributed by atoms with Gasteiger partial charge in [-0.05, 0) is 25.1 Å². The third kappa shape index (κ3) is 3.89. The zero-order valence-electron chi connectivity index (χ0n) is 9.98. The molecule has 0 spiro atoms. The van der Waals surface area contributed by atoms with Gasteiger partial charge in [0.05, 0.1) is 16.5 Å². The van der Waals surface area contributed by atoms with Crippen molar-refractivity contribution < 1.29 is 4.79 Å². The number of nitrogens with zero attached hydrogens (tertiary/aromatic N) is 1. The molecule has 0 bridgehead atoms. The molecule has 1 amide bonds. The van der Waals surface area contributed by atoms with Gasteiger partial charge in [-0.15, -0.1) is 11.8 Å². The summed E-state index contributed by atoms with van der Waals surface area (Å²) in [6.07, 6.45) is 1.57. The first-order valence-corrected chi connectivity index (χ1v) is 7.12. The molecule has 2 rings (SSSR count). The highest BCUT2D eigenvalue weighted by atomic mass is 35.5. The van der Waals surface area contributed by atoms with Crippen molar-refractivity contribution in [3.05, 3.63) is 40.5 Å². The molecular weight excluding hydrogens is 305 g/mol. The van der Waals surface area contributed by atoms with Gasteiger partial charge in [-0.1, -0.05) is 23.2 Å². The molecule has 19 heavy (non-hydrogen) atoms. The fourth-order valence-electron chi connectivity index (χ4n) is 1.37. The highest BCUT2D eigenvalue weighted by Gasteiger charge is 2.16. The predicted octanol–water partition coefficient (Wildman–Crippen LogP) is 3.84. The Morgan fingerprint density at radius 2 is 2.21 bits per heavy atom. The van der Waals surface area contributed by atoms with Crippen molar-refractivity contribution in [3.63, 3.8) is 0 Å². The molecule has 0 aliphatic heterocycles. The number of halogens is 2. The van der Waals surface area contributed by atoms with Crippen molar-refractivity contribution in [3.8, 4) is 0 Å². The van der Waals surface area contributed by atoms with Crippen LogP contribution in [0.5, 0.6) is 0 Å². The van der Waals surface area contributed by atoms with Crippen molar-refractivity contribution in [1.29, 1.82) is 0 Å². The van der Waals surface area contributed by atoms with Gasteiger partial charge < -0.3 is 5.32 Å². The van der Waals surface area contributed by atoms with Crippen LogP contribution in [0.25, 0.3) is 0 Å². The van der Waals surface area contributed by atoms with Gasteiger partial charge in [-0.2, -0.15) is 5.10 Å². The number of carbonyl (C=O) groups excluding carboxylic acids is 1. The lowest BCUT2D eigenvalue weighted by molar-refractivity contribution is -0.115. The second-order valence-corrected chi connectivity index (χ2v) is 6.02. The van der Waals surface area contributed by atoms with Crippen LogP contribution in [0.2, 0.25) is 10.0 Å². The SMILES string of the molecule is CC(Sc1cc(Cl)ccc1Cl)C(=O)Nc1ccn[nH]1. The molecule has 1 aromatic carbocycles. The van der Waals surface area contributed by atoms with Gasteiger partial charge in [0, 0.05) is 16.0 Å². The van der Waals surface area contributed by atoms with Crippen molar-refractivity contribution in [2.75, 3.05) is 5.32 Å². The van der Waals surface area contributed by atoms with Crippen LogP contribution in [-0.4, -0.2) is 21.4 Å². The number of rotatable bonds is 4. The first-order valence-electron chi connectivity index (χ1n) is 5.48. The number of amides is 1. The van der Waals surface area contributed by atoms with E-state index in [4.69, 9.17) is 23.2 Å². The average molecular weight is 316 g/mol. The number of anilines is 1. The number of aromatic nitrogens is 2. The number of hydrogen-bond acceptors (Lipinski definition) is 3. The number of H-pyrrole nitrogens is 1. The fraction of sp³-hybridized carbons (Fsp3) is 0.167. The van der Waals surface area contributed by atoms with Crippen molar-refractivity contribution in [2.45, 2.75) is 17.1 Å². The molecule has 2 aromatic rings. The molecule has 2 N–H and O–H groups in total. The Hall–Kier alpha value is -1.17. The molecule has 7 heteroatoms. The maximum atomic E-state index is 12.0. The van der Waals surface area contributed by atoms with Gasteiger partial charge in [0.2, 0.25) is 5.91 Å². The standard InChI is InChI=1S/C12H11Cl2N3OS/c1-7(12(18)16-11-4-5-15-17-11)19-10-6-8(13)2-3-9(10)14/h2-7H,1H3,(H2,15,16,17,18). The largest absolute Gasteiger partial charge is 0.310 e. The number of nitrogens with one attached hydrogen (secondary N) is 2. The zero-order valence-corrected chi connectivity index (χ0v) is 12.3. The molecule has 0 aliphatic carbocycles. The van der Waals surface area contributed by atoms with Gasteiger partial charge in [-0.25, -0.2) is 0 Å². The van der Waals surface area contributed by atoms with Gasteiger partial charge >= 0.3 is 0 Å². The minimum Gasteiger partial charge on any atom is -0.310 e. The number of carbonyl (C=O) groups is 1. The first-order chi connectivity index (χ1) is 9.06. The van der Waals surface area contributed by atoms with Gasteiger partial charge in [-0.3, -0.25) is 9.89 Å². The van der Waals surface area contributed by atoms with Crippen LogP contribution in [0.3, 0.4) is 0 Å². The third-order valence-corrected chi connectivity index (χ3v) is 4.16. The van der Waals surface area contributed by atoms with E-state index in [0.29, 0.717) is 15.9 Å². The molecule has 1 unspecified atom stereocenters. The van der Waals surface area contributed by atoms with Crippen LogP contribution >= 0.6 is 35.0 Å². The molecule has 100 valence electrons. The minimum atomic E-state index is -0.306. The highest BCUT2D eigenvalue weighted by molar-refractivity contribution is 8.00. The maximum Gasteiger partial charge on any atom is 0.238 e. The first kappa shape index (κ1) is 14.2. The summed E-state index contributed by atoms with van der Waals surface area (Å²) >= 11 is 13.3. The lowest BCUT2D eigenvalue weighted by atomic mass is 10.4. The molecule has 1 heterocycles. The Morgan fingerprint density at radius 3 is 2.89 bits per heavy atom. The topological polar surface area (TPSA) is 57.8 Å². The van der Waals surface area contributed by atoms with Gasteiger partial charge in [0.15, 0.2) is 0 Å². The molecule has 1 atom stereocenters. The summed E-state index contributed by atoms with van der Waals surface area (Å²) in [5, 5.41) is 10.0. The molecular formula is C12H11Cl2N3OS. The van der Waals surface area contributed by atoms with E-state index in [1.54, 1.807) is 37.4 Å². The van der Waals surface area contributed by atoms with E-state index < -0.39 is 0 Å². The van der Waals surface area contributed by atoms with Crippen LogP contribution in [-0.2, 0) is 4.79 Å². The molecule has 0 fully saturated rings. The Labute approximate surface area is 124 Å². The van der Waals surface area contributed by atoms with Crippen LogP contribution in [0.1, 0.15) is 6.92 Å². The summed E-state index contributed by atoms with van der Waals surface area (Å²) in [6.45, 7) is 1.80. The van der Waals surface area contributed by atoms with E-state index in [1.807, 2.05) is 0 Å². The lowest BCUT2D eigenvalue weighted by Gasteiger charge is -2.12. The third-order valence-electron chi connectivity index (χ3n) is 2.32. The molecule has 0 saturated carbocycles. The Kier molecular flexibility index (Phi) is 4.74. The number of hydrogen-bond donors (Lipinski definition) is 2. The molecule has 0 saturated heterocycles. The maximum absolute atomic E-state index is 12.0. The minimum absolute atomic E-state index is 0.134. The van der Waals surface area contributed by atoms with Crippen LogP contribution in [0, 0.1) is 0 Å². The summed E-state index contributed by atoms with van der Waals surface area (Å²) in [5.74, 6) is 0.430. The molecule has 1 aromatic heterocycles. The van der Waals surface area contributed by atoms with Crippen molar-refractivity contribution in [2.24, 2.45) is 0 Å². The van der Waals surface area contributed by atoms with Gasteiger partial charge in [0.1, 0.15) is 5.82 Å². The highest BCUT2D eigenvalue weighted by Crippen LogP contribution is 2.32. The normalized spacial score (nSPS) is 12.2. The molecule has 0 radical (unpaired) electrons. The van der Waals surface area contributed by atoms with E-state index in [2.05, 4.69) is 15.5 Å². The predicted molar refractivity (Wildman–Crippen MR) is 79.0 cm³/mol. The monoisotopic (exact) mass is 315 g/mol. The van der Waals surface area contributed by atoms with Crippen LogP contribution in [0.4, 0.5) is 5.82 Å². The number of benzene rings is 1. The number of aromatic amines is 1. The van der Waals surface area contributed by atoms with E-state index in [-0.39, 0.29) is 11.2 Å². The molecule has 4 nitrogen and oxygen atoms in total. The summed E-state index contributed by atoms with van der Waals surface area (Å²) in [5.41, 5.74) is 0. The van der Waals surface area contributed by atoms with Crippen molar-refractivity contribution >= 4 is 46.7 Å². The van der Waals surface area contributed by atoms with Crippen molar-refractivity contribution in [1.82, 2.24) is 10.2 Å². The summed E-state index contributed by atoms with van der Waals surface area (Å²) < 4.78 is 0. The van der Waals surface area contributed by atoms with E-state index in [9.17, 15) is 4.79 Å². The fourth-order valence-corrected chi connectivity index (χ4v) is 2.78. The van der Waals surface area contributed by atoms with Crippen LogP contribution in [0.15, 0.2) is 35.4 Å². The van der Waals surface area contributed by atoms with E-state index in [0.717, 1.165) is 4.90 Å². The summed E-state index contributed by atoms with van der Waals surface area (Å²) in [7, 11) is 0.